The molecule has 1 amide bonds. The summed E-state index contributed by atoms with van der Waals surface area (Å²) in [6.45, 7) is 22.7. The maximum atomic E-state index is 11.9. The van der Waals surface area contributed by atoms with Crippen LogP contribution in [-0.4, -0.2) is 12.5 Å². The van der Waals surface area contributed by atoms with Crippen molar-refractivity contribution in [3.63, 3.8) is 0 Å². The Kier molecular flexibility index (Phi) is 24.4. The van der Waals surface area contributed by atoms with Gasteiger partial charge < -0.3 is 5.32 Å². The molecule has 0 aliphatic carbocycles. The summed E-state index contributed by atoms with van der Waals surface area (Å²) in [5.74, 6) is 0.519. The maximum absolute atomic E-state index is 11.9. The molecule has 0 heterocycles. The van der Waals surface area contributed by atoms with E-state index in [1.54, 1.807) is 18.2 Å². The zero-order valence-electron chi connectivity index (χ0n) is 17.2. The summed E-state index contributed by atoms with van der Waals surface area (Å²) in [6, 6.07) is 0. The first-order valence-electron chi connectivity index (χ1n) is 9.45. The van der Waals surface area contributed by atoms with E-state index in [-0.39, 0.29) is 5.91 Å². The Labute approximate surface area is 151 Å². The number of rotatable bonds is 10. The van der Waals surface area contributed by atoms with E-state index in [1.807, 2.05) is 40.7 Å². The molecule has 0 spiro atoms. The van der Waals surface area contributed by atoms with Crippen LogP contribution in [0.4, 0.5) is 0 Å². The second-order valence-corrected chi connectivity index (χ2v) is 5.21. The van der Waals surface area contributed by atoms with Gasteiger partial charge in [-0.3, -0.25) is 4.79 Å². The van der Waals surface area contributed by atoms with E-state index >= 15 is 0 Å². The van der Waals surface area contributed by atoms with Crippen molar-refractivity contribution < 1.29 is 4.79 Å². The molecule has 0 aliphatic rings. The lowest BCUT2D eigenvalue weighted by molar-refractivity contribution is -0.117. The summed E-state index contributed by atoms with van der Waals surface area (Å²) in [7, 11) is 0. The predicted molar refractivity (Wildman–Crippen MR) is 111 cm³/mol. The highest BCUT2D eigenvalue weighted by molar-refractivity contribution is 5.96. The molecule has 0 aromatic rings. The number of hydrogen-bond donors (Lipinski definition) is 1. The molecular weight excluding hydrogens is 294 g/mol. The molecule has 0 bridgehead atoms. The van der Waals surface area contributed by atoms with E-state index in [9.17, 15) is 4.79 Å². The molecule has 0 rings (SSSR count). The third-order valence-corrected chi connectivity index (χ3v) is 3.07. The topological polar surface area (TPSA) is 29.1 Å². The smallest absolute Gasteiger partial charge is 0.251 e. The molecule has 0 aromatic heterocycles. The van der Waals surface area contributed by atoms with Gasteiger partial charge in [-0.25, -0.2) is 0 Å². The largest absolute Gasteiger partial charge is 0.352 e. The fourth-order valence-corrected chi connectivity index (χ4v) is 2.10. The van der Waals surface area contributed by atoms with Crippen molar-refractivity contribution in [2.75, 3.05) is 6.54 Å². The Balaban J connectivity index is -0.00000102. The molecule has 24 heavy (non-hydrogen) atoms. The number of allylic oxidation sites excluding steroid dienone is 4. The highest BCUT2D eigenvalue weighted by Gasteiger charge is 2.07. The van der Waals surface area contributed by atoms with E-state index in [0.29, 0.717) is 18.0 Å². The average molecular weight is 336 g/mol. The van der Waals surface area contributed by atoms with Crippen LogP contribution in [0, 0.1) is 5.92 Å². The minimum atomic E-state index is -0.0393. The van der Waals surface area contributed by atoms with Gasteiger partial charge in [0.2, 0.25) is 0 Å². The standard InChI is InChI=1S/C18H29NO.2C2H6/c1-6-9-15(4)14-16(5)12-13-19-18(20)17(10-7-2)11-8-3;2*1-2/h7-8,10-11,16H,2,4,6,9,12-14H2,1,3,5H3,(H,19,20);2*1-2H3/b11-8-,17-10+;;. The van der Waals surface area contributed by atoms with Gasteiger partial charge in [-0.05, 0) is 32.1 Å². The van der Waals surface area contributed by atoms with Crippen LogP contribution in [0.1, 0.15) is 74.1 Å². The van der Waals surface area contributed by atoms with Crippen LogP contribution in [0.3, 0.4) is 0 Å². The Morgan fingerprint density at radius 3 is 2.25 bits per heavy atom. The highest BCUT2D eigenvalue weighted by atomic mass is 16.1. The predicted octanol–water partition coefficient (Wildman–Crippen LogP) is 6.62. The zero-order valence-corrected chi connectivity index (χ0v) is 17.2. The van der Waals surface area contributed by atoms with Crippen LogP contribution in [0.2, 0.25) is 0 Å². The normalized spacial score (nSPS) is 11.5. The minimum Gasteiger partial charge on any atom is -0.352 e. The monoisotopic (exact) mass is 335 g/mol. The number of nitrogens with one attached hydrogen (secondary N) is 1. The van der Waals surface area contributed by atoms with Gasteiger partial charge in [0.25, 0.3) is 5.91 Å². The summed E-state index contributed by atoms with van der Waals surface area (Å²) < 4.78 is 0. The fourth-order valence-electron chi connectivity index (χ4n) is 2.10. The molecule has 0 saturated heterocycles. The fraction of sp³-hybridized carbons (Fsp3) is 0.591. The number of amides is 1. The van der Waals surface area contributed by atoms with Crippen molar-refractivity contribution in [1.82, 2.24) is 5.32 Å². The molecule has 2 nitrogen and oxygen atoms in total. The molecule has 0 aromatic carbocycles. The van der Waals surface area contributed by atoms with Crippen LogP contribution in [-0.2, 0) is 4.79 Å². The highest BCUT2D eigenvalue weighted by Crippen LogP contribution is 2.16. The lowest BCUT2D eigenvalue weighted by Gasteiger charge is -2.13. The van der Waals surface area contributed by atoms with E-state index in [2.05, 4.69) is 32.3 Å². The van der Waals surface area contributed by atoms with Crippen molar-refractivity contribution >= 4 is 5.91 Å². The molecule has 2 heteroatoms. The first-order chi connectivity index (χ1) is 11.5. The molecule has 140 valence electrons. The summed E-state index contributed by atoms with van der Waals surface area (Å²) in [5, 5.41) is 2.95. The van der Waals surface area contributed by atoms with Crippen molar-refractivity contribution in [1.29, 1.82) is 0 Å². The van der Waals surface area contributed by atoms with E-state index < -0.39 is 0 Å². The van der Waals surface area contributed by atoms with Crippen molar-refractivity contribution in [3.05, 3.63) is 48.6 Å². The SMILES string of the molecule is C=C/C=C(\C=C/C)C(=O)NCCC(C)CC(=C)CCC.CC.CC. The average Bonchev–Trinajstić information content (AvgIpc) is 2.58. The van der Waals surface area contributed by atoms with Gasteiger partial charge in [-0.2, -0.15) is 0 Å². The molecule has 1 N–H and O–H groups in total. The summed E-state index contributed by atoms with van der Waals surface area (Å²) in [4.78, 5) is 11.9. The molecule has 1 unspecified atom stereocenters. The quantitative estimate of drug-likeness (QED) is 0.271. The van der Waals surface area contributed by atoms with Crippen LogP contribution in [0.15, 0.2) is 48.6 Å². The summed E-state index contributed by atoms with van der Waals surface area (Å²) in [6.07, 6.45) is 11.3. The Morgan fingerprint density at radius 2 is 1.79 bits per heavy atom. The van der Waals surface area contributed by atoms with Gasteiger partial charge in [0.1, 0.15) is 0 Å². The number of carbonyl (C=O) groups is 1. The first kappa shape index (κ1) is 27.3. The second kappa shape index (κ2) is 21.4. The zero-order chi connectivity index (χ0) is 19.4. The van der Waals surface area contributed by atoms with Gasteiger partial charge in [0, 0.05) is 12.1 Å². The third kappa shape index (κ3) is 16.8. The van der Waals surface area contributed by atoms with E-state index in [1.165, 1.54) is 5.57 Å². The van der Waals surface area contributed by atoms with Crippen molar-refractivity contribution in [2.45, 2.75) is 74.1 Å². The maximum Gasteiger partial charge on any atom is 0.251 e. The lowest BCUT2D eigenvalue weighted by Crippen LogP contribution is -2.26. The molecule has 0 aliphatic heterocycles. The Bertz CT molecular complexity index is 377. The van der Waals surface area contributed by atoms with Crippen molar-refractivity contribution in [3.8, 4) is 0 Å². The van der Waals surface area contributed by atoms with Gasteiger partial charge >= 0.3 is 0 Å². The number of carbonyl (C=O) groups excluding carboxylic acids is 1. The minimum absolute atomic E-state index is 0.0393. The van der Waals surface area contributed by atoms with Crippen LogP contribution in [0.5, 0.6) is 0 Å². The van der Waals surface area contributed by atoms with Gasteiger partial charge in [0.15, 0.2) is 0 Å². The first-order valence-corrected chi connectivity index (χ1v) is 9.45. The number of hydrogen-bond acceptors (Lipinski definition) is 1. The van der Waals surface area contributed by atoms with Gasteiger partial charge in [-0.1, -0.05) is 91.0 Å². The summed E-state index contributed by atoms with van der Waals surface area (Å²) >= 11 is 0. The third-order valence-electron chi connectivity index (χ3n) is 3.07. The van der Waals surface area contributed by atoms with Crippen LogP contribution < -0.4 is 5.32 Å². The Morgan fingerprint density at radius 1 is 1.21 bits per heavy atom. The van der Waals surface area contributed by atoms with E-state index in [4.69, 9.17) is 0 Å². The molecule has 1 atom stereocenters. The lowest BCUT2D eigenvalue weighted by atomic mass is 9.96. The molecule has 0 fully saturated rings. The molecular formula is C22H41NO. The Hall–Kier alpha value is -1.57. The van der Waals surface area contributed by atoms with Crippen LogP contribution >= 0.6 is 0 Å². The molecule has 0 radical (unpaired) electrons. The van der Waals surface area contributed by atoms with Gasteiger partial charge in [0.05, 0.1) is 0 Å². The van der Waals surface area contributed by atoms with E-state index in [0.717, 1.165) is 25.7 Å². The second-order valence-electron chi connectivity index (χ2n) is 5.21. The molecule has 0 saturated carbocycles. The van der Waals surface area contributed by atoms with Crippen molar-refractivity contribution in [2.24, 2.45) is 5.92 Å². The van der Waals surface area contributed by atoms with Crippen LogP contribution in [0.25, 0.3) is 0 Å². The van der Waals surface area contributed by atoms with Gasteiger partial charge in [-0.15, -0.1) is 0 Å². The summed E-state index contributed by atoms with van der Waals surface area (Å²) in [5.41, 5.74) is 1.96.